The number of rotatable bonds is 0. The van der Waals surface area contributed by atoms with Crippen LogP contribution < -0.4 is 0 Å². The first-order valence-electron chi connectivity index (χ1n) is 3.35. The molecule has 0 saturated carbocycles. The van der Waals surface area contributed by atoms with Gasteiger partial charge in [-0.05, 0) is 6.07 Å². The number of nitrogens with zero attached hydrogens (tertiary/aromatic N) is 1. The molecule has 0 amide bonds. The van der Waals surface area contributed by atoms with Gasteiger partial charge >= 0.3 is 0 Å². The Balaban J connectivity index is 2.59. The van der Waals surface area contributed by atoms with E-state index >= 15 is 0 Å². The van der Waals surface area contributed by atoms with E-state index in [1.807, 2.05) is 0 Å². The van der Waals surface area contributed by atoms with Crippen molar-refractivity contribution < 1.29 is 4.21 Å². The molecule has 3 unspecified atom stereocenters. The summed E-state index contributed by atoms with van der Waals surface area (Å²) in [7, 11) is -1.25. The van der Waals surface area contributed by atoms with Crippen LogP contribution in [0.15, 0.2) is 23.4 Å². The van der Waals surface area contributed by atoms with Gasteiger partial charge in [-0.15, -0.1) is 23.2 Å². The number of alkyl halides is 2. The molecule has 5 heteroatoms. The quantitative estimate of drug-likeness (QED) is 0.629. The number of halogens is 2. The van der Waals surface area contributed by atoms with Crippen molar-refractivity contribution in [1.29, 1.82) is 0 Å². The van der Waals surface area contributed by atoms with Gasteiger partial charge < -0.3 is 0 Å². The van der Waals surface area contributed by atoms with Gasteiger partial charge in [0.25, 0.3) is 0 Å². The minimum Gasteiger partial charge on any atom is -0.251 e. The van der Waals surface area contributed by atoms with Crippen LogP contribution in [0.5, 0.6) is 0 Å². The lowest BCUT2D eigenvalue weighted by molar-refractivity contribution is 0.681. The predicted molar refractivity (Wildman–Crippen MR) is 48.9 cm³/mol. The van der Waals surface area contributed by atoms with Gasteiger partial charge in [0.15, 0.2) is 0 Å². The highest BCUT2D eigenvalue weighted by Gasteiger charge is 2.37. The van der Waals surface area contributed by atoms with E-state index < -0.39 is 15.5 Å². The van der Waals surface area contributed by atoms with E-state index in [0.717, 1.165) is 5.56 Å². The zero-order valence-electron chi connectivity index (χ0n) is 5.91. The van der Waals surface area contributed by atoms with E-state index in [1.54, 1.807) is 18.3 Å². The van der Waals surface area contributed by atoms with Crippen LogP contribution in [-0.2, 0) is 10.8 Å². The fourth-order valence-corrected chi connectivity index (χ4v) is 3.22. The smallest absolute Gasteiger partial charge is 0.135 e. The van der Waals surface area contributed by atoms with Crippen molar-refractivity contribution in [2.45, 2.75) is 15.1 Å². The van der Waals surface area contributed by atoms with Crippen LogP contribution in [0, 0.1) is 0 Å². The Kier molecular flexibility index (Phi) is 2.10. The fourth-order valence-electron chi connectivity index (χ4n) is 1.14. The molecule has 0 N–H and O–H groups in total. The maximum absolute atomic E-state index is 11.4. The standard InChI is InChI=1S/C7H5Cl2NOS/c8-5-4-2-1-3-10-7(4)12(11)6(5)9/h1-3,5-6H. The third kappa shape index (κ3) is 1.08. The van der Waals surface area contributed by atoms with Crippen LogP contribution in [0.25, 0.3) is 0 Å². The summed E-state index contributed by atoms with van der Waals surface area (Å²) in [5.74, 6) is 0. The van der Waals surface area contributed by atoms with E-state index in [2.05, 4.69) is 4.98 Å². The third-order valence-corrected chi connectivity index (χ3v) is 4.63. The Morgan fingerprint density at radius 3 is 2.92 bits per heavy atom. The molecule has 2 heterocycles. The highest BCUT2D eigenvalue weighted by Crippen LogP contribution is 2.41. The number of pyridine rings is 1. The fraction of sp³-hybridized carbons (Fsp3) is 0.286. The molecule has 1 aliphatic heterocycles. The van der Waals surface area contributed by atoms with Gasteiger partial charge in [0.2, 0.25) is 0 Å². The molecule has 0 aliphatic carbocycles. The second-order valence-corrected chi connectivity index (χ2v) is 5.14. The molecule has 1 aromatic heterocycles. The molecule has 64 valence electrons. The van der Waals surface area contributed by atoms with E-state index in [-0.39, 0.29) is 5.38 Å². The molecule has 0 aromatic carbocycles. The van der Waals surface area contributed by atoms with Gasteiger partial charge in [0, 0.05) is 11.8 Å². The Bertz CT molecular complexity index is 344. The van der Waals surface area contributed by atoms with Crippen molar-refractivity contribution in [1.82, 2.24) is 4.98 Å². The van der Waals surface area contributed by atoms with Crippen molar-refractivity contribution in [3.63, 3.8) is 0 Å². The summed E-state index contributed by atoms with van der Waals surface area (Å²) in [6.07, 6.45) is 1.59. The highest BCUT2D eigenvalue weighted by atomic mass is 35.5. The average molecular weight is 222 g/mol. The van der Waals surface area contributed by atoms with E-state index in [1.165, 1.54) is 0 Å². The lowest BCUT2D eigenvalue weighted by Crippen LogP contribution is -2.03. The Hall–Kier alpha value is -0.120. The SMILES string of the molecule is O=S1c2ncccc2C(Cl)C1Cl. The van der Waals surface area contributed by atoms with Crippen molar-refractivity contribution >= 4 is 34.0 Å². The molecule has 0 radical (unpaired) electrons. The van der Waals surface area contributed by atoms with E-state index in [9.17, 15) is 4.21 Å². The molecule has 3 atom stereocenters. The van der Waals surface area contributed by atoms with E-state index in [4.69, 9.17) is 23.2 Å². The first-order valence-corrected chi connectivity index (χ1v) is 5.44. The number of fused-ring (bicyclic) bond motifs is 1. The summed E-state index contributed by atoms with van der Waals surface area (Å²) < 4.78 is 10.9. The van der Waals surface area contributed by atoms with Crippen LogP contribution in [0.4, 0.5) is 0 Å². The van der Waals surface area contributed by atoms with Crippen LogP contribution in [0.3, 0.4) is 0 Å². The van der Waals surface area contributed by atoms with Gasteiger partial charge in [-0.3, -0.25) is 4.21 Å². The normalized spacial score (nSPS) is 33.3. The summed E-state index contributed by atoms with van der Waals surface area (Å²) in [5, 5.41) is 0.147. The third-order valence-electron chi connectivity index (χ3n) is 1.72. The molecule has 0 bridgehead atoms. The van der Waals surface area contributed by atoms with Gasteiger partial charge in [0.1, 0.15) is 9.74 Å². The van der Waals surface area contributed by atoms with Crippen LogP contribution >= 0.6 is 23.2 Å². The van der Waals surface area contributed by atoms with Gasteiger partial charge in [-0.25, -0.2) is 4.98 Å². The Morgan fingerprint density at radius 2 is 2.25 bits per heavy atom. The summed E-state index contributed by atoms with van der Waals surface area (Å²) in [5.41, 5.74) is 0.789. The largest absolute Gasteiger partial charge is 0.251 e. The van der Waals surface area contributed by atoms with Gasteiger partial charge in [0.05, 0.1) is 16.2 Å². The number of hydrogen-bond donors (Lipinski definition) is 0. The molecular formula is C7H5Cl2NOS. The molecule has 0 spiro atoms. The van der Waals surface area contributed by atoms with Crippen molar-refractivity contribution in [3.05, 3.63) is 23.9 Å². The maximum Gasteiger partial charge on any atom is 0.135 e. The predicted octanol–water partition coefficient (Wildman–Crippen LogP) is 2.05. The summed E-state index contributed by atoms with van der Waals surface area (Å²) in [4.78, 5) is 3.97. The van der Waals surface area contributed by atoms with Crippen molar-refractivity contribution in [3.8, 4) is 0 Å². The Labute approximate surface area is 82.4 Å². The molecule has 0 saturated heterocycles. The lowest BCUT2D eigenvalue weighted by atomic mass is 10.2. The summed E-state index contributed by atoms with van der Waals surface area (Å²) in [6.45, 7) is 0. The monoisotopic (exact) mass is 221 g/mol. The maximum atomic E-state index is 11.4. The molecular weight excluding hydrogens is 217 g/mol. The summed E-state index contributed by atoms with van der Waals surface area (Å²) in [6, 6.07) is 3.57. The second-order valence-electron chi connectivity index (χ2n) is 2.45. The Morgan fingerprint density at radius 1 is 1.50 bits per heavy atom. The molecule has 0 fully saturated rings. The van der Waals surface area contributed by atoms with Crippen molar-refractivity contribution in [2.24, 2.45) is 0 Å². The molecule has 1 aliphatic rings. The first kappa shape index (κ1) is 8.48. The second kappa shape index (κ2) is 2.98. The molecule has 1 aromatic rings. The molecule has 12 heavy (non-hydrogen) atoms. The first-order chi connectivity index (χ1) is 5.72. The number of hydrogen-bond acceptors (Lipinski definition) is 2. The minimum absolute atomic E-state index is 0.379. The zero-order chi connectivity index (χ0) is 8.72. The highest BCUT2D eigenvalue weighted by molar-refractivity contribution is 7.87. The summed E-state index contributed by atoms with van der Waals surface area (Å²) >= 11 is 11.7. The topological polar surface area (TPSA) is 30.0 Å². The van der Waals surface area contributed by atoms with Crippen LogP contribution in [-0.4, -0.2) is 13.9 Å². The van der Waals surface area contributed by atoms with Gasteiger partial charge in [-0.2, -0.15) is 0 Å². The van der Waals surface area contributed by atoms with Crippen LogP contribution in [0.2, 0.25) is 0 Å². The molecule has 2 rings (SSSR count). The van der Waals surface area contributed by atoms with Crippen molar-refractivity contribution in [2.75, 3.05) is 0 Å². The lowest BCUT2D eigenvalue weighted by Gasteiger charge is -2.01. The average Bonchev–Trinajstić information content (AvgIpc) is 2.33. The molecule has 2 nitrogen and oxygen atoms in total. The minimum atomic E-state index is -1.25. The van der Waals surface area contributed by atoms with Gasteiger partial charge in [-0.1, -0.05) is 6.07 Å². The zero-order valence-corrected chi connectivity index (χ0v) is 8.23. The van der Waals surface area contributed by atoms with E-state index in [0.29, 0.717) is 5.03 Å². The van der Waals surface area contributed by atoms with Crippen LogP contribution in [0.1, 0.15) is 10.9 Å². The number of aromatic nitrogens is 1.